The first-order valence-electron chi connectivity index (χ1n) is 2.88. The van der Waals surface area contributed by atoms with Gasteiger partial charge in [0.15, 0.2) is 0 Å². The third-order valence-electron chi connectivity index (χ3n) is 1.31. The molecule has 1 aliphatic heterocycles. The van der Waals surface area contributed by atoms with Gasteiger partial charge < -0.3 is 0 Å². The molecule has 3 heteroatoms. The van der Waals surface area contributed by atoms with E-state index in [1.54, 1.807) is 10.8 Å². The molecule has 0 bridgehead atoms. The average molecular weight is 150 g/mol. The van der Waals surface area contributed by atoms with Gasteiger partial charge in [-0.25, -0.2) is 4.21 Å². The van der Waals surface area contributed by atoms with Crippen molar-refractivity contribution in [3.63, 3.8) is 0 Å². The van der Waals surface area contributed by atoms with Gasteiger partial charge in [0.1, 0.15) is 0 Å². The molecule has 0 aromatic carbocycles. The summed E-state index contributed by atoms with van der Waals surface area (Å²) in [6, 6.07) is 0. The minimum Gasteiger partial charge on any atom is -0.248 e. The van der Waals surface area contributed by atoms with Crippen LogP contribution in [0.5, 0.6) is 0 Å². The molecule has 1 saturated heterocycles. The van der Waals surface area contributed by atoms with Crippen LogP contribution in [0.3, 0.4) is 0 Å². The van der Waals surface area contributed by atoms with Crippen molar-refractivity contribution >= 4 is 20.6 Å². The highest BCUT2D eigenvalue weighted by atomic mass is 33.1. The standard InChI is InChI=1S/C5H10OS2/c1-2-5-3-4-8(6)7-5/h5H,2-4H2,1H3. The van der Waals surface area contributed by atoms with Crippen LogP contribution in [0.1, 0.15) is 19.8 Å². The molecular formula is C5H10OS2. The Morgan fingerprint density at radius 1 is 1.88 bits per heavy atom. The van der Waals surface area contributed by atoms with E-state index in [9.17, 15) is 4.21 Å². The lowest BCUT2D eigenvalue weighted by Crippen LogP contribution is -1.91. The maximum Gasteiger partial charge on any atom is 0.0806 e. The molecular weight excluding hydrogens is 140 g/mol. The normalized spacial score (nSPS) is 38.1. The van der Waals surface area contributed by atoms with Gasteiger partial charge in [-0.1, -0.05) is 17.7 Å². The number of rotatable bonds is 1. The SMILES string of the molecule is CCC1CCS(=O)S1. The molecule has 1 heterocycles. The second-order valence-corrected chi connectivity index (χ2v) is 5.49. The Labute approximate surface area is 56.1 Å². The van der Waals surface area contributed by atoms with Crippen molar-refractivity contribution in [2.45, 2.75) is 25.0 Å². The maximum absolute atomic E-state index is 10.7. The molecule has 0 spiro atoms. The van der Waals surface area contributed by atoms with E-state index in [0.29, 0.717) is 5.25 Å². The zero-order valence-electron chi connectivity index (χ0n) is 4.92. The Morgan fingerprint density at radius 3 is 2.88 bits per heavy atom. The molecule has 0 aliphatic carbocycles. The Morgan fingerprint density at radius 2 is 2.62 bits per heavy atom. The fraction of sp³-hybridized carbons (Fsp3) is 1.00. The Balaban J connectivity index is 2.32. The summed E-state index contributed by atoms with van der Waals surface area (Å²) >= 11 is 0. The first kappa shape index (κ1) is 6.62. The Kier molecular flexibility index (Phi) is 2.38. The molecule has 8 heavy (non-hydrogen) atoms. The molecule has 0 saturated carbocycles. The van der Waals surface area contributed by atoms with Gasteiger partial charge in [0.25, 0.3) is 0 Å². The van der Waals surface area contributed by atoms with Gasteiger partial charge in [-0.3, -0.25) is 0 Å². The van der Waals surface area contributed by atoms with Gasteiger partial charge in [-0.15, -0.1) is 0 Å². The predicted octanol–water partition coefficient (Wildman–Crippen LogP) is 1.57. The van der Waals surface area contributed by atoms with Crippen LogP contribution in [0, 0.1) is 0 Å². The van der Waals surface area contributed by atoms with Crippen molar-refractivity contribution in [2.75, 3.05) is 5.75 Å². The molecule has 0 aromatic rings. The van der Waals surface area contributed by atoms with Crippen LogP contribution in [0.15, 0.2) is 0 Å². The fourth-order valence-electron chi connectivity index (χ4n) is 0.748. The van der Waals surface area contributed by atoms with E-state index in [2.05, 4.69) is 6.92 Å². The summed E-state index contributed by atoms with van der Waals surface area (Å²) in [5.41, 5.74) is 0. The van der Waals surface area contributed by atoms with E-state index in [1.807, 2.05) is 0 Å². The minimum absolute atomic E-state index is 0.536. The number of hydrogen-bond acceptors (Lipinski definition) is 2. The molecule has 1 fully saturated rings. The van der Waals surface area contributed by atoms with Crippen molar-refractivity contribution in [2.24, 2.45) is 0 Å². The van der Waals surface area contributed by atoms with Crippen LogP contribution in [0.25, 0.3) is 0 Å². The van der Waals surface area contributed by atoms with Gasteiger partial charge in [0.05, 0.1) is 9.83 Å². The largest absolute Gasteiger partial charge is 0.248 e. The summed E-state index contributed by atoms with van der Waals surface area (Å²) in [4.78, 5) is 0. The Bertz CT molecular complexity index is 103. The predicted molar refractivity (Wildman–Crippen MR) is 39.3 cm³/mol. The molecule has 1 nitrogen and oxygen atoms in total. The van der Waals surface area contributed by atoms with Gasteiger partial charge >= 0.3 is 0 Å². The highest BCUT2D eigenvalue weighted by Gasteiger charge is 2.19. The van der Waals surface area contributed by atoms with Gasteiger partial charge in [0, 0.05) is 11.0 Å². The lowest BCUT2D eigenvalue weighted by atomic mass is 10.3. The van der Waals surface area contributed by atoms with Crippen LogP contribution >= 0.6 is 10.8 Å². The van der Waals surface area contributed by atoms with E-state index < -0.39 is 9.83 Å². The van der Waals surface area contributed by atoms with Crippen LogP contribution in [-0.4, -0.2) is 15.2 Å². The van der Waals surface area contributed by atoms with Gasteiger partial charge in [-0.05, 0) is 12.8 Å². The molecule has 1 rings (SSSR count). The molecule has 2 unspecified atom stereocenters. The fourth-order valence-corrected chi connectivity index (χ4v) is 4.31. The molecule has 1 aliphatic rings. The maximum atomic E-state index is 10.7. The smallest absolute Gasteiger partial charge is 0.0806 e. The van der Waals surface area contributed by atoms with Gasteiger partial charge in [-0.2, -0.15) is 0 Å². The van der Waals surface area contributed by atoms with Crippen molar-refractivity contribution < 1.29 is 4.21 Å². The lowest BCUT2D eigenvalue weighted by Gasteiger charge is -1.97. The highest BCUT2D eigenvalue weighted by Crippen LogP contribution is 2.29. The summed E-state index contributed by atoms with van der Waals surface area (Å²) < 4.78 is 10.7. The van der Waals surface area contributed by atoms with Crippen molar-refractivity contribution in [1.29, 1.82) is 0 Å². The third kappa shape index (κ3) is 1.49. The lowest BCUT2D eigenvalue weighted by molar-refractivity contribution is 0.690. The molecule has 48 valence electrons. The monoisotopic (exact) mass is 150 g/mol. The molecule has 0 radical (unpaired) electrons. The summed E-state index contributed by atoms with van der Waals surface area (Å²) in [6.45, 7) is 2.15. The molecule has 2 atom stereocenters. The van der Waals surface area contributed by atoms with Gasteiger partial charge in [0.2, 0.25) is 0 Å². The van der Waals surface area contributed by atoms with Crippen molar-refractivity contribution in [1.82, 2.24) is 0 Å². The van der Waals surface area contributed by atoms with Crippen molar-refractivity contribution in [3.8, 4) is 0 Å². The minimum atomic E-state index is -0.536. The van der Waals surface area contributed by atoms with E-state index >= 15 is 0 Å². The summed E-state index contributed by atoms with van der Waals surface area (Å²) in [5.74, 6) is 0.920. The first-order chi connectivity index (χ1) is 3.83. The van der Waals surface area contributed by atoms with Crippen LogP contribution < -0.4 is 0 Å². The van der Waals surface area contributed by atoms with E-state index in [4.69, 9.17) is 0 Å². The van der Waals surface area contributed by atoms with Crippen molar-refractivity contribution in [3.05, 3.63) is 0 Å². The zero-order valence-corrected chi connectivity index (χ0v) is 6.56. The van der Waals surface area contributed by atoms with E-state index in [0.717, 1.165) is 12.2 Å². The first-order valence-corrected chi connectivity index (χ1v) is 5.60. The molecule has 0 amide bonds. The van der Waals surface area contributed by atoms with Crippen LogP contribution in [0.4, 0.5) is 0 Å². The second-order valence-electron chi connectivity index (χ2n) is 1.92. The van der Waals surface area contributed by atoms with E-state index in [-0.39, 0.29) is 0 Å². The van der Waals surface area contributed by atoms with Crippen LogP contribution in [0.2, 0.25) is 0 Å². The topological polar surface area (TPSA) is 17.1 Å². The highest BCUT2D eigenvalue weighted by molar-refractivity contribution is 8.69. The van der Waals surface area contributed by atoms with E-state index in [1.165, 1.54) is 6.42 Å². The zero-order chi connectivity index (χ0) is 5.98. The summed E-state index contributed by atoms with van der Waals surface area (Å²) in [7, 11) is 1.10. The molecule has 0 N–H and O–H groups in total. The number of hydrogen-bond donors (Lipinski definition) is 0. The summed E-state index contributed by atoms with van der Waals surface area (Å²) in [6.07, 6.45) is 2.34. The summed E-state index contributed by atoms with van der Waals surface area (Å²) in [5, 5.41) is 0.691. The second kappa shape index (κ2) is 2.87. The van der Waals surface area contributed by atoms with Crippen LogP contribution in [-0.2, 0) is 9.83 Å². The quantitative estimate of drug-likeness (QED) is 0.528. The Hall–Kier alpha value is 0.500. The molecule has 0 aromatic heterocycles. The third-order valence-corrected chi connectivity index (χ3v) is 4.89. The average Bonchev–Trinajstić information content (AvgIpc) is 2.14.